The Morgan fingerprint density at radius 3 is 2.96 bits per heavy atom. The molecule has 2 aromatic heterocycles. The molecule has 2 aliphatic rings. The SMILES string of the molecule is C[C@H]1CCc2nc(NC(=O)[C@H]3CCCCN3S(=O)(=O)c3cccs3)sc2C1. The van der Waals surface area contributed by atoms with E-state index in [1.54, 1.807) is 17.5 Å². The van der Waals surface area contributed by atoms with Crippen molar-refractivity contribution in [1.29, 1.82) is 0 Å². The van der Waals surface area contributed by atoms with Gasteiger partial charge in [0, 0.05) is 11.4 Å². The number of aryl methyl sites for hydroxylation is 1. The maximum Gasteiger partial charge on any atom is 0.253 e. The molecule has 146 valence electrons. The standard InChI is InChI=1S/C18H23N3O3S3/c1-12-7-8-13-15(11-12)26-18(19-13)20-17(22)14-5-2-3-9-21(14)27(23,24)16-6-4-10-25-16/h4,6,10,12,14H,2-3,5,7-9,11H2,1H3,(H,19,20,22)/t12-,14+/m0/s1. The van der Waals surface area contributed by atoms with Crippen LogP contribution in [0.5, 0.6) is 0 Å². The first-order valence-electron chi connectivity index (χ1n) is 9.30. The van der Waals surface area contributed by atoms with E-state index in [2.05, 4.69) is 17.2 Å². The molecule has 4 rings (SSSR count). The molecule has 1 amide bonds. The molecular weight excluding hydrogens is 402 g/mol. The number of amides is 1. The molecule has 1 aliphatic carbocycles. The lowest BCUT2D eigenvalue weighted by Gasteiger charge is -2.32. The van der Waals surface area contributed by atoms with Crippen LogP contribution in [0.1, 0.15) is 43.2 Å². The number of aromatic nitrogens is 1. The number of nitrogens with zero attached hydrogens (tertiary/aromatic N) is 2. The van der Waals surface area contributed by atoms with Crippen molar-refractivity contribution in [2.45, 2.75) is 55.7 Å². The predicted octanol–water partition coefficient (Wildman–Crippen LogP) is 3.51. The van der Waals surface area contributed by atoms with Crippen LogP contribution in [0.4, 0.5) is 5.13 Å². The number of carbonyl (C=O) groups excluding carboxylic acids is 1. The van der Waals surface area contributed by atoms with Gasteiger partial charge in [-0.25, -0.2) is 13.4 Å². The first-order valence-corrected chi connectivity index (χ1v) is 12.4. The van der Waals surface area contributed by atoms with Gasteiger partial charge in [-0.2, -0.15) is 4.31 Å². The summed E-state index contributed by atoms with van der Waals surface area (Å²) >= 11 is 2.72. The molecule has 1 aliphatic heterocycles. The molecule has 1 saturated heterocycles. The third-order valence-electron chi connectivity index (χ3n) is 5.23. The number of hydrogen-bond donors (Lipinski definition) is 1. The van der Waals surface area contributed by atoms with E-state index in [4.69, 9.17) is 0 Å². The van der Waals surface area contributed by atoms with Crippen LogP contribution in [-0.2, 0) is 27.7 Å². The second-order valence-electron chi connectivity index (χ2n) is 7.29. The fourth-order valence-corrected chi connectivity index (χ4v) is 7.71. The lowest BCUT2D eigenvalue weighted by molar-refractivity contribution is -0.120. The summed E-state index contributed by atoms with van der Waals surface area (Å²) in [7, 11) is -3.64. The van der Waals surface area contributed by atoms with Crippen molar-refractivity contribution in [1.82, 2.24) is 9.29 Å². The second-order valence-corrected chi connectivity index (χ2v) is 11.4. The first kappa shape index (κ1) is 19.0. The largest absolute Gasteiger partial charge is 0.301 e. The summed E-state index contributed by atoms with van der Waals surface area (Å²) < 4.78 is 27.6. The molecule has 0 radical (unpaired) electrons. The highest BCUT2D eigenvalue weighted by atomic mass is 32.2. The van der Waals surface area contributed by atoms with E-state index < -0.39 is 16.1 Å². The maximum absolute atomic E-state index is 13.0. The number of fused-ring (bicyclic) bond motifs is 1. The topological polar surface area (TPSA) is 79.4 Å². The van der Waals surface area contributed by atoms with Gasteiger partial charge in [-0.15, -0.1) is 22.7 Å². The predicted molar refractivity (Wildman–Crippen MR) is 108 cm³/mol. The Hall–Kier alpha value is -1.29. The van der Waals surface area contributed by atoms with Crippen LogP contribution in [0.15, 0.2) is 21.7 Å². The van der Waals surface area contributed by atoms with Gasteiger partial charge in [0.2, 0.25) is 5.91 Å². The van der Waals surface area contributed by atoms with Gasteiger partial charge in [0.15, 0.2) is 5.13 Å². The zero-order valence-corrected chi connectivity index (χ0v) is 17.6. The molecular formula is C18H23N3O3S3. The molecule has 0 aromatic carbocycles. The Kier molecular flexibility index (Phi) is 5.37. The summed E-state index contributed by atoms with van der Waals surface area (Å²) in [6, 6.07) is 2.64. The summed E-state index contributed by atoms with van der Waals surface area (Å²) in [6.07, 6.45) is 5.24. The minimum absolute atomic E-state index is 0.269. The zero-order valence-electron chi connectivity index (χ0n) is 15.2. The number of rotatable bonds is 4. The molecule has 27 heavy (non-hydrogen) atoms. The normalized spacial score (nSPS) is 23.7. The summed E-state index contributed by atoms with van der Waals surface area (Å²) in [6.45, 7) is 2.61. The van der Waals surface area contributed by atoms with Gasteiger partial charge in [0.05, 0.1) is 5.69 Å². The highest BCUT2D eigenvalue weighted by molar-refractivity contribution is 7.91. The van der Waals surface area contributed by atoms with Gasteiger partial charge >= 0.3 is 0 Å². The Morgan fingerprint density at radius 1 is 1.33 bits per heavy atom. The highest BCUT2D eigenvalue weighted by Crippen LogP contribution is 2.33. The minimum Gasteiger partial charge on any atom is -0.301 e. The van der Waals surface area contributed by atoms with E-state index in [1.165, 1.54) is 31.9 Å². The average molecular weight is 426 g/mol. The van der Waals surface area contributed by atoms with Crippen molar-refractivity contribution in [3.8, 4) is 0 Å². The Bertz CT molecular complexity index is 921. The smallest absolute Gasteiger partial charge is 0.253 e. The van der Waals surface area contributed by atoms with Crippen LogP contribution < -0.4 is 5.32 Å². The fourth-order valence-electron chi connectivity index (χ4n) is 3.76. The number of carbonyl (C=O) groups is 1. The van der Waals surface area contributed by atoms with Gasteiger partial charge in [0.25, 0.3) is 10.0 Å². The Labute approximate surface area is 167 Å². The van der Waals surface area contributed by atoms with Crippen LogP contribution in [0.2, 0.25) is 0 Å². The van der Waals surface area contributed by atoms with E-state index in [-0.39, 0.29) is 5.91 Å². The van der Waals surface area contributed by atoms with Crippen LogP contribution >= 0.6 is 22.7 Å². The van der Waals surface area contributed by atoms with Gasteiger partial charge in [-0.1, -0.05) is 19.4 Å². The Balaban J connectivity index is 1.53. The van der Waals surface area contributed by atoms with Crippen molar-refractivity contribution < 1.29 is 13.2 Å². The molecule has 0 bridgehead atoms. The summed E-state index contributed by atoms with van der Waals surface area (Å²) in [4.78, 5) is 18.7. The Morgan fingerprint density at radius 2 is 2.19 bits per heavy atom. The van der Waals surface area contributed by atoms with Crippen LogP contribution in [-0.4, -0.2) is 36.2 Å². The number of piperidine rings is 1. The van der Waals surface area contributed by atoms with E-state index >= 15 is 0 Å². The van der Waals surface area contributed by atoms with Crippen LogP contribution in [0.25, 0.3) is 0 Å². The monoisotopic (exact) mass is 425 g/mol. The number of thiophene rings is 1. The maximum atomic E-state index is 13.0. The third-order valence-corrected chi connectivity index (χ3v) is 9.55. The molecule has 2 aromatic rings. The summed E-state index contributed by atoms with van der Waals surface area (Å²) in [5.41, 5.74) is 1.08. The lowest BCUT2D eigenvalue weighted by Crippen LogP contribution is -2.49. The quantitative estimate of drug-likeness (QED) is 0.813. The molecule has 6 nitrogen and oxygen atoms in total. The molecule has 1 N–H and O–H groups in total. The molecule has 2 atom stereocenters. The van der Waals surface area contributed by atoms with Gasteiger partial charge in [-0.3, -0.25) is 4.79 Å². The average Bonchev–Trinajstić information content (AvgIpc) is 3.31. The van der Waals surface area contributed by atoms with Crippen molar-refractivity contribution in [3.63, 3.8) is 0 Å². The lowest BCUT2D eigenvalue weighted by atomic mass is 9.93. The molecule has 0 unspecified atom stereocenters. The first-order chi connectivity index (χ1) is 12.9. The molecule has 1 fully saturated rings. The van der Waals surface area contributed by atoms with E-state index in [9.17, 15) is 13.2 Å². The second kappa shape index (κ2) is 7.62. The van der Waals surface area contributed by atoms with Gasteiger partial charge in [-0.05, 0) is 49.5 Å². The molecule has 3 heterocycles. The molecule has 0 spiro atoms. The number of hydrogen-bond acceptors (Lipinski definition) is 6. The van der Waals surface area contributed by atoms with E-state index in [0.717, 1.165) is 37.8 Å². The van der Waals surface area contributed by atoms with Crippen LogP contribution in [0, 0.1) is 5.92 Å². The van der Waals surface area contributed by atoms with Crippen LogP contribution in [0.3, 0.4) is 0 Å². The zero-order chi connectivity index (χ0) is 19.0. The van der Waals surface area contributed by atoms with Crippen molar-refractivity contribution in [3.05, 3.63) is 28.1 Å². The van der Waals surface area contributed by atoms with Gasteiger partial charge in [0.1, 0.15) is 10.3 Å². The fraction of sp³-hybridized carbons (Fsp3) is 0.556. The number of anilines is 1. The van der Waals surface area contributed by atoms with Crippen molar-refractivity contribution in [2.75, 3.05) is 11.9 Å². The minimum atomic E-state index is -3.64. The summed E-state index contributed by atoms with van der Waals surface area (Å²) in [5, 5.41) is 5.24. The summed E-state index contributed by atoms with van der Waals surface area (Å²) in [5.74, 6) is 0.375. The highest BCUT2D eigenvalue weighted by Gasteiger charge is 2.38. The number of nitrogens with one attached hydrogen (secondary N) is 1. The van der Waals surface area contributed by atoms with E-state index in [1.807, 2.05) is 0 Å². The van der Waals surface area contributed by atoms with Gasteiger partial charge < -0.3 is 5.32 Å². The number of thiazole rings is 1. The molecule has 9 heteroatoms. The third kappa shape index (κ3) is 3.83. The van der Waals surface area contributed by atoms with Crippen molar-refractivity contribution >= 4 is 43.7 Å². The molecule has 0 saturated carbocycles. The number of sulfonamides is 1. The van der Waals surface area contributed by atoms with Crippen molar-refractivity contribution in [2.24, 2.45) is 5.92 Å². The van der Waals surface area contributed by atoms with E-state index in [0.29, 0.717) is 28.2 Å².